The summed E-state index contributed by atoms with van der Waals surface area (Å²) in [6.45, 7) is 0.601. The molecule has 2 aromatic carbocycles. The fourth-order valence-electron chi connectivity index (χ4n) is 3.07. The first kappa shape index (κ1) is 16.3. The second kappa shape index (κ2) is 7.36. The number of para-hydroxylation sites is 1. The van der Waals surface area contributed by atoms with Crippen molar-refractivity contribution < 1.29 is 9.47 Å². The highest BCUT2D eigenvalue weighted by molar-refractivity contribution is 5.89. The van der Waals surface area contributed by atoms with E-state index in [1.54, 1.807) is 14.2 Å². The third-order valence-electron chi connectivity index (χ3n) is 4.22. The molecule has 5 heteroatoms. The molecule has 0 fully saturated rings. The van der Waals surface area contributed by atoms with Gasteiger partial charge in [0.15, 0.2) is 0 Å². The van der Waals surface area contributed by atoms with Gasteiger partial charge in [-0.05, 0) is 31.2 Å². The molecular weight excluding hydrogens is 302 g/mol. The van der Waals surface area contributed by atoms with Crippen molar-refractivity contribution in [2.24, 2.45) is 10.8 Å². The quantitative estimate of drug-likeness (QED) is 0.885. The number of rotatable bonds is 6. The molecule has 1 aliphatic rings. The zero-order valence-corrected chi connectivity index (χ0v) is 14.1. The van der Waals surface area contributed by atoms with Gasteiger partial charge >= 0.3 is 0 Å². The average Bonchev–Trinajstić information content (AvgIpc) is 3.06. The first-order valence-corrected chi connectivity index (χ1v) is 8.09. The molecular formula is C19H23N3O2. The van der Waals surface area contributed by atoms with E-state index in [2.05, 4.69) is 6.07 Å². The van der Waals surface area contributed by atoms with Crippen LogP contribution in [0.25, 0.3) is 0 Å². The Labute approximate surface area is 142 Å². The van der Waals surface area contributed by atoms with E-state index in [1.165, 1.54) is 0 Å². The normalized spacial score (nSPS) is 16.9. The number of ether oxygens (including phenoxy) is 2. The van der Waals surface area contributed by atoms with Crippen LogP contribution in [0.2, 0.25) is 0 Å². The lowest BCUT2D eigenvalue weighted by Gasteiger charge is -2.25. The Kier molecular flexibility index (Phi) is 5.01. The molecule has 5 nitrogen and oxygen atoms in total. The SMILES string of the molecule is COc1cccc(N2N=C(CCN)CC2c2ccccc2OC)c1. The molecule has 1 unspecified atom stereocenters. The monoisotopic (exact) mass is 325 g/mol. The topological polar surface area (TPSA) is 60.1 Å². The lowest BCUT2D eigenvalue weighted by molar-refractivity contribution is 0.405. The van der Waals surface area contributed by atoms with Crippen molar-refractivity contribution in [3.63, 3.8) is 0 Å². The van der Waals surface area contributed by atoms with Crippen LogP contribution in [0.5, 0.6) is 11.5 Å². The van der Waals surface area contributed by atoms with Crippen molar-refractivity contribution in [3.8, 4) is 11.5 Å². The number of anilines is 1. The summed E-state index contributed by atoms with van der Waals surface area (Å²) in [6, 6.07) is 16.1. The van der Waals surface area contributed by atoms with Gasteiger partial charge in [0.05, 0.1) is 25.9 Å². The largest absolute Gasteiger partial charge is 0.497 e. The highest BCUT2D eigenvalue weighted by atomic mass is 16.5. The summed E-state index contributed by atoms with van der Waals surface area (Å²) in [5.74, 6) is 1.69. The van der Waals surface area contributed by atoms with Gasteiger partial charge in [-0.25, -0.2) is 0 Å². The Morgan fingerprint density at radius 3 is 2.71 bits per heavy atom. The molecule has 0 aliphatic carbocycles. The minimum atomic E-state index is 0.0924. The van der Waals surface area contributed by atoms with Crippen LogP contribution < -0.4 is 20.2 Å². The molecule has 3 rings (SSSR count). The van der Waals surface area contributed by atoms with E-state index in [1.807, 2.05) is 47.5 Å². The maximum absolute atomic E-state index is 5.73. The van der Waals surface area contributed by atoms with E-state index < -0.39 is 0 Å². The van der Waals surface area contributed by atoms with E-state index in [0.717, 1.165) is 41.3 Å². The van der Waals surface area contributed by atoms with Crippen LogP contribution >= 0.6 is 0 Å². The second-order valence-corrected chi connectivity index (χ2v) is 5.71. The molecule has 0 saturated heterocycles. The van der Waals surface area contributed by atoms with Gasteiger partial charge < -0.3 is 15.2 Å². The van der Waals surface area contributed by atoms with Crippen molar-refractivity contribution in [1.29, 1.82) is 0 Å². The molecule has 1 atom stereocenters. The zero-order chi connectivity index (χ0) is 16.9. The van der Waals surface area contributed by atoms with Gasteiger partial charge in [0.2, 0.25) is 0 Å². The average molecular weight is 325 g/mol. The number of nitrogens with two attached hydrogens (primary N) is 1. The number of methoxy groups -OCH3 is 2. The third kappa shape index (κ3) is 3.21. The Morgan fingerprint density at radius 1 is 1.12 bits per heavy atom. The smallest absolute Gasteiger partial charge is 0.124 e. The summed E-state index contributed by atoms with van der Waals surface area (Å²) in [4.78, 5) is 0. The highest BCUT2D eigenvalue weighted by Crippen LogP contribution is 2.40. The van der Waals surface area contributed by atoms with Crippen LogP contribution in [0.3, 0.4) is 0 Å². The van der Waals surface area contributed by atoms with Gasteiger partial charge in [0.25, 0.3) is 0 Å². The minimum absolute atomic E-state index is 0.0924. The number of hydrogen-bond acceptors (Lipinski definition) is 5. The van der Waals surface area contributed by atoms with Gasteiger partial charge in [-0.1, -0.05) is 24.3 Å². The summed E-state index contributed by atoms with van der Waals surface area (Å²) in [6.07, 6.45) is 1.64. The van der Waals surface area contributed by atoms with Crippen molar-refractivity contribution in [2.45, 2.75) is 18.9 Å². The van der Waals surface area contributed by atoms with Gasteiger partial charge in [-0.3, -0.25) is 5.01 Å². The lowest BCUT2D eigenvalue weighted by atomic mass is 9.99. The molecule has 2 aromatic rings. The Bertz CT molecular complexity index is 730. The summed E-state index contributed by atoms with van der Waals surface area (Å²) in [5, 5.41) is 6.86. The van der Waals surface area contributed by atoms with Gasteiger partial charge in [-0.15, -0.1) is 0 Å². The van der Waals surface area contributed by atoms with Crippen LogP contribution in [0.4, 0.5) is 5.69 Å². The van der Waals surface area contributed by atoms with E-state index in [-0.39, 0.29) is 6.04 Å². The molecule has 0 amide bonds. The molecule has 0 radical (unpaired) electrons. The maximum atomic E-state index is 5.73. The van der Waals surface area contributed by atoms with E-state index >= 15 is 0 Å². The zero-order valence-electron chi connectivity index (χ0n) is 14.1. The first-order chi connectivity index (χ1) is 11.8. The number of hydrogen-bond donors (Lipinski definition) is 1. The third-order valence-corrected chi connectivity index (χ3v) is 4.22. The number of nitrogens with zero attached hydrogens (tertiary/aromatic N) is 2. The molecule has 0 saturated carbocycles. The summed E-state index contributed by atoms with van der Waals surface area (Å²) in [5.41, 5.74) is 8.96. The van der Waals surface area contributed by atoms with Gasteiger partial charge in [0.1, 0.15) is 11.5 Å². The number of hydrazone groups is 1. The van der Waals surface area contributed by atoms with Crippen LogP contribution in [0, 0.1) is 0 Å². The molecule has 2 N–H and O–H groups in total. The van der Waals surface area contributed by atoms with Crippen LogP contribution in [-0.2, 0) is 0 Å². The molecule has 1 heterocycles. The van der Waals surface area contributed by atoms with E-state index in [4.69, 9.17) is 20.3 Å². The molecule has 1 aliphatic heterocycles. The summed E-state index contributed by atoms with van der Waals surface area (Å²) >= 11 is 0. The van der Waals surface area contributed by atoms with E-state index in [0.29, 0.717) is 6.54 Å². The highest BCUT2D eigenvalue weighted by Gasteiger charge is 2.30. The Morgan fingerprint density at radius 2 is 1.96 bits per heavy atom. The number of benzene rings is 2. The predicted octanol–water partition coefficient (Wildman–Crippen LogP) is 3.36. The Hall–Kier alpha value is -2.53. The fourth-order valence-corrected chi connectivity index (χ4v) is 3.07. The van der Waals surface area contributed by atoms with Crippen LogP contribution in [-0.4, -0.2) is 26.5 Å². The molecule has 0 spiro atoms. The first-order valence-electron chi connectivity index (χ1n) is 8.09. The Balaban J connectivity index is 2.01. The molecule has 126 valence electrons. The van der Waals surface area contributed by atoms with Crippen molar-refractivity contribution in [2.75, 3.05) is 25.8 Å². The van der Waals surface area contributed by atoms with Crippen molar-refractivity contribution in [3.05, 3.63) is 54.1 Å². The van der Waals surface area contributed by atoms with Crippen LogP contribution in [0.15, 0.2) is 53.6 Å². The van der Waals surface area contributed by atoms with E-state index in [9.17, 15) is 0 Å². The second-order valence-electron chi connectivity index (χ2n) is 5.71. The van der Waals surface area contributed by atoms with Crippen molar-refractivity contribution in [1.82, 2.24) is 0 Å². The van der Waals surface area contributed by atoms with Gasteiger partial charge in [-0.2, -0.15) is 5.10 Å². The van der Waals surface area contributed by atoms with Crippen molar-refractivity contribution >= 4 is 11.4 Å². The molecule has 24 heavy (non-hydrogen) atoms. The summed E-state index contributed by atoms with van der Waals surface area (Å²) in [7, 11) is 3.37. The minimum Gasteiger partial charge on any atom is -0.497 e. The molecule has 0 aromatic heterocycles. The predicted molar refractivity (Wildman–Crippen MR) is 96.9 cm³/mol. The maximum Gasteiger partial charge on any atom is 0.124 e. The molecule has 0 bridgehead atoms. The standard InChI is InChI=1S/C19H23N3O2/c1-23-16-7-5-6-15(13-16)22-18(12-14(21-22)10-11-20)17-8-3-4-9-19(17)24-2/h3-9,13,18H,10-12,20H2,1-2H3. The summed E-state index contributed by atoms with van der Waals surface area (Å²) < 4.78 is 10.9. The van der Waals surface area contributed by atoms with Crippen LogP contribution in [0.1, 0.15) is 24.4 Å². The fraction of sp³-hybridized carbons (Fsp3) is 0.316. The van der Waals surface area contributed by atoms with Gasteiger partial charge in [0, 0.05) is 23.8 Å². The lowest BCUT2D eigenvalue weighted by Crippen LogP contribution is -2.19.